The van der Waals surface area contributed by atoms with E-state index in [1.165, 1.54) is 15.3 Å². The van der Waals surface area contributed by atoms with E-state index >= 15 is 0 Å². The lowest BCUT2D eigenvalue weighted by atomic mass is 10.0. The van der Waals surface area contributed by atoms with Crippen LogP contribution in [-0.4, -0.2) is 30.5 Å². The molecule has 2 heterocycles. The third kappa shape index (κ3) is 2.83. The Bertz CT molecular complexity index is 356. The maximum Gasteiger partial charge on any atom is 0.102 e. The summed E-state index contributed by atoms with van der Waals surface area (Å²) in [7, 11) is 0. The third-order valence-electron chi connectivity index (χ3n) is 3.00. The third-order valence-corrected chi connectivity index (χ3v) is 4.00. The molecule has 0 spiro atoms. The average molecular weight is 241 g/mol. The van der Waals surface area contributed by atoms with Gasteiger partial charge in [0.15, 0.2) is 0 Å². The van der Waals surface area contributed by atoms with Crippen molar-refractivity contribution < 1.29 is 9.84 Å². The monoisotopic (exact) mass is 241 g/mol. The van der Waals surface area contributed by atoms with E-state index in [0.29, 0.717) is 19.8 Å². The molecule has 16 heavy (non-hydrogen) atoms. The summed E-state index contributed by atoms with van der Waals surface area (Å²) in [6, 6.07) is 2.21. The molecule has 1 aromatic rings. The van der Waals surface area contributed by atoms with E-state index in [2.05, 4.69) is 25.2 Å². The fraction of sp³-hybridized carbons (Fsp3) is 0.667. The Labute approximate surface area is 100 Å². The molecule has 2 rings (SSSR count). The van der Waals surface area contributed by atoms with Crippen LogP contribution in [0.1, 0.15) is 21.7 Å². The van der Waals surface area contributed by atoms with Crippen molar-refractivity contribution in [3.63, 3.8) is 0 Å². The molecule has 1 aliphatic heterocycles. The van der Waals surface area contributed by atoms with E-state index in [1.54, 1.807) is 0 Å². The van der Waals surface area contributed by atoms with Gasteiger partial charge in [0.25, 0.3) is 0 Å². The van der Waals surface area contributed by atoms with Gasteiger partial charge < -0.3 is 15.2 Å². The largest absolute Gasteiger partial charge is 0.386 e. The molecule has 1 unspecified atom stereocenters. The maximum absolute atomic E-state index is 10.1. The summed E-state index contributed by atoms with van der Waals surface area (Å²) in [5.41, 5.74) is 0.684. The summed E-state index contributed by atoms with van der Waals surface area (Å²) in [6.45, 7) is 6.85. The molecule has 2 N–H and O–H groups in total. The molecule has 4 heteroatoms. The van der Waals surface area contributed by atoms with Gasteiger partial charge >= 0.3 is 0 Å². The molecule has 1 aromatic heterocycles. The first-order valence-electron chi connectivity index (χ1n) is 5.66. The minimum absolute atomic E-state index is 0.460. The van der Waals surface area contributed by atoms with Crippen LogP contribution in [0.4, 0.5) is 0 Å². The molecule has 1 fully saturated rings. The maximum atomic E-state index is 10.1. The Morgan fingerprint density at radius 1 is 1.56 bits per heavy atom. The van der Waals surface area contributed by atoms with Crippen molar-refractivity contribution in [2.75, 3.05) is 19.8 Å². The topological polar surface area (TPSA) is 41.5 Å². The zero-order valence-corrected chi connectivity index (χ0v) is 10.7. The first-order valence-corrected chi connectivity index (χ1v) is 6.47. The van der Waals surface area contributed by atoms with Crippen LogP contribution in [0.2, 0.25) is 0 Å². The van der Waals surface area contributed by atoms with Crippen LogP contribution < -0.4 is 5.32 Å². The molecule has 90 valence electrons. The van der Waals surface area contributed by atoms with Gasteiger partial charge in [0.1, 0.15) is 5.60 Å². The van der Waals surface area contributed by atoms with Gasteiger partial charge in [-0.1, -0.05) is 0 Å². The second-order valence-corrected chi connectivity index (χ2v) is 6.03. The molecule has 0 aliphatic carbocycles. The first-order chi connectivity index (χ1) is 7.59. The van der Waals surface area contributed by atoms with Gasteiger partial charge in [0.05, 0.1) is 6.61 Å². The van der Waals surface area contributed by atoms with Gasteiger partial charge in [0.2, 0.25) is 0 Å². The second-order valence-electron chi connectivity index (χ2n) is 4.57. The summed E-state index contributed by atoms with van der Waals surface area (Å²) in [4.78, 5) is 2.71. The Kier molecular flexibility index (Phi) is 3.64. The lowest BCUT2D eigenvalue weighted by Crippen LogP contribution is -2.40. The summed E-state index contributed by atoms with van der Waals surface area (Å²) in [5, 5.41) is 13.4. The molecule has 0 radical (unpaired) electrons. The van der Waals surface area contributed by atoms with Crippen LogP contribution in [0.5, 0.6) is 0 Å². The van der Waals surface area contributed by atoms with Gasteiger partial charge in [0, 0.05) is 35.9 Å². The molecule has 3 nitrogen and oxygen atoms in total. The highest BCUT2D eigenvalue weighted by molar-refractivity contribution is 7.12. The van der Waals surface area contributed by atoms with Crippen LogP contribution in [0.3, 0.4) is 0 Å². The number of ether oxygens (including phenoxy) is 1. The smallest absolute Gasteiger partial charge is 0.102 e. The van der Waals surface area contributed by atoms with Crippen LogP contribution in [0.15, 0.2) is 6.07 Å². The quantitative estimate of drug-likeness (QED) is 0.841. The van der Waals surface area contributed by atoms with Crippen molar-refractivity contribution in [2.45, 2.75) is 32.4 Å². The van der Waals surface area contributed by atoms with Crippen LogP contribution in [0, 0.1) is 13.8 Å². The van der Waals surface area contributed by atoms with E-state index in [4.69, 9.17) is 4.74 Å². The Morgan fingerprint density at radius 2 is 2.38 bits per heavy atom. The summed E-state index contributed by atoms with van der Waals surface area (Å²) >= 11 is 1.82. The molecule has 1 aliphatic rings. The summed E-state index contributed by atoms with van der Waals surface area (Å²) in [5.74, 6) is 0. The summed E-state index contributed by atoms with van der Waals surface area (Å²) in [6.07, 6.45) is 0.738. The van der Waals surface area contributed by atoms with Crippen molar-refractivity contribution in [3.05, 3.63) is 21.4 Å². The van der Waals surface area contributed by atoms with E-state index in [0.717, 1.165) is 13.0 Å². The second kappa shape index (κ2) is 4.84. The SMILES string of the molecule is Cc1cc(CNCC2(O)CCOC2)c(C)s1. The number of hydrogen-bond acceptors (Lipinski definition) is 4. The van der Waals surface area contributed by atoms with Gasteiger partial charge in [-0.2, -0.15) is 0 Å². The lowest BCUT2D eigenvalue weighted by Gasteiger charge is -2.20. The zero-order chi connectivity index (χ0) is 11.6. The van der Waals surface area contributed by atoms with Gasteiger partial charge in [-0.25, -0.2) is 0 Å². The molecule has 0 aromatic carbocycles. The van der Waals surface area contributed by atoms with Crippen molar-refractivity contribution in [1.29, 1.82) is 0 Å². The molecular formula is C12H19NO2S. The van der Waals surface area contributed by atoms with Crippen molar-refractivity contribution in [3.8, 4) is 0 Å². The standard InChI is InChI=1S/C12H19NO2S/c1-9-5-11(10(2)16-9)6-13-7-12(14)3-4-15-8-12/h5,13-14H,3-4,6-8H2,1-2H3. The van der Waals surface area contributed by atoms with Crippen LogP contribution in [-0.2, 0) is 11.3 Å². The highest BCUT2D eigenvalue weighted by Crippen LogP contribution is 2.21. The number of aryl methyl sites for hydroxylation is 2. The van der Waals surface area contributed by atoms with E-state index in [1.807, 2.05) is 11.3 Å². The minimum Gasteiger partial charge on any atom is -0.386 e. The van der Waals surface area contributed by atoms with Gasteiger partial charge in [-0.05, 0) is 25.5 Å². The van der Waals surface area contributed by atoms with Crippen molar-refractivity contribution in [1.82, 2.24) is 5.32 Å². The van der Waals surface area contributed by atoms with Crippen LogP contribution in [0.25, 0.3) is 0 Å². The van der Waals surface area contributed by atoms with Gasteiger partial charge in [-0.3, -0.25) is 0 Å². The van der Waals surface area contributed by atoms with Crippen molar-refractivity contribution in [2.24, 2.45) is 0 Å². The Hall–Kier alpha value is -0.420. The molecule has 0 saturated carbocycles. The fourth-order valence-electron chi connectivity index (χ4n) is 2.02. The molecular weight excluding hydrogens is 222 g/mol. The van der Waals surface area contributed by atoms with Crippen LogP contribution >= 0.6 is 11.3 Å². The van der Waals surface area contributed by atoms with E-state index < -0.39 is 5.60 Å². The lowest BCUT2D eigenvalue weighted by molar-refractivity contribution is 0.0268. The fourth-order valence-corrected chi connectivity index (χ4v) is 2.97. The molecule has 0 bridgehead atoms. The number of aliphatic hydroxyl groups is 1. The highest BCUT2D eigenvalue weighted by atomic mass is 32.1. The van der Waals surface area contributed by atoms with Gasteiger partial charge in [-0.15, -0.1) is 11.3 Å². The Balaban J connectivity index is 1.81. The normalized spacial score (nSPS) is 25.2. The molecule has 0 amide bonds. The minimum atomic E-state index is -0.654. The molecule has 1 saturated heterocycles. The predicted molar refractivity (Wildman–Crippen MR) is 65.9 cm³/mol. The molecule has 1 atom stereocenters. The first kappa shape index (κ1) is 12.0. The number of nitrogens with one attached hydrogen (secondary N) is 1. The Morgan fingerprint density at radius 3 is 2.94 bits per heavy atom. The zero-order valence-electron chi connectivity index (χ0n) is 9.88. The predicted octanol–water partition coefficient (Wildman–Crippen LogP) is 1.61. The van der Waals surface area contributed by atoms with E-state index in [-0.39, 0.29) is 0 Å². The number of hydrogen-bond donors (Lipinski definition) is 2. The van der Waals surface area contributed by atoms with E-state index in [9.17, 15) is 5.11 Å². The number of thiophene rings is 1. The summed E-state index contributed by atoms with van der Waals surface area (Å²) < 4.78 is 5.20. The van der Waals surface area contributed by atoms with Crippen molar-refractivity contribution >= 4 is 11.3 Å². The highest BCUT2D eigenvalue weighted by Gasteiger charge is 2.31. The average Bonchev–Trinajstić information content (AvgIpc) is 2.75. The number of rotatable bonds is 4.